The van der Waals surface area contributed by atoms with Gasteiger partial charge in [0.15, 0.2) is 5.16 Å². The summed E-state index contributed by atoms with van der Waals surface area (Å²) in [5.41, 5.74) is 1.57. The first kappa shape index (κ1) is 21.1. The number of carboxylic acid groups (broad SMARTS) is 1. The molecular formula is C19H27N3O4S2. The van der Waals surface area contributed by atoms with E-state index < -0.39 is 16.0 Å². The molecule has 1 aliphatic carbocycles. The fourth-order valence-electron chi connectivity index (χ4n) is 3.19. The van der Waals surface area contributed by atoms with Crippen LogP contribution < -0.4 is 0 Å². The molecule has 0 aliphatic heterocycles. The van der Waals surface area contributed by atoms with E-state index in [2.05, 4.69) is 4.98 Å². The molecule has 1 saturated carbocycles. The number of carbonyl (C=O) groups is 1. The van der Waals surface area contributed by atoms with Gasteiger partial charge in [0.1, 0.15) is 6.54 Å². The average molecular weight is 426 g/mol. The number of thioether (sulfide) groups is 1. The summed E-state index contributed by atoms with van der Waals surface area (Å²) in [6.07, 6.45) is 4.18. The molecule has 0 radical (unpaired) electrons. The molecule has 0 spiro atoms. The third kappa shape index (κ3) is 5.27. The van der Waals surface area contributed by atoms with Crippen LogP contribution in [0.1, 0.15) is 39.0 Å². The number of sulfonamides is 1. The van der Waals surface area contributed by atoms with E-state index in [1.165, 1.54) is 11.8 Å². The van der Waals surface area contributed by atoms with Crippen LogP contribution in [-0.4, -0.2) is 57.4 Å². The van der Waals surface area contributed by atoms with Crippen molar-refractivity contribution in [1.29, 1.82) is 0 Å². The summed E-state index contributed by atoms with van der Waals surface area (Å²) in [6.45, 7) is 2.38. The van der Waals surface area contributed by atoms with E-state index in [1.54, 1.807) is 8.87 Å². The summed E-state index contributed by atoms with van der Waals surface area (Å²) in [7, 11) is -3.19. The van der Waals surface area contributed by atoms with E-state index in [4.69, 9.17) is 0 Å². The average Bonchev–Trinajstić information content (AvgIpc) is 3.43. The second-order valence-electron chi connectivity index (χ2n) is 7.08. The topological polar surface area (TPSA) is 92.5 Å². The van der Waals surface area contributed by atoms with E-state index in [0.717, 1.165) is 30.3 Å². The smallest absolute Gasteiger partial charge is 0.323 e. The molecule has 0 bridgehead atoms. The minimum atomic E-state index is -3.19. The van der Waals surface area contributed by atoms with Crippen LogP contribution in [0.2, 0.25) is 0 Å². The Balaban J connectivity index is 1.62. The molecule has 1 heterocycles. The normalized spacial score (nSPS) is 14.8. The van der Waals surface area contributed by atoms with Crippen molar-refractivity contribution in [2.45, 2.75) is 56.8 Å². The van der Waals surface area contributed by atoms with Crippen LogP contribution in [0.15, 0.2) is 29.4 Å². The fourth-order valence-corrected chi connectivity index (χ4v) is 6.09. The molecule has 1 aromatic heterocycles. The summed E-state index contributed by atoms with van der Waals surface area (Å²) in [4.78, 5) is 15.8. The molecule has 0 atom stereocenters. The van der Waals surface area contributed by atoms with Gasteiger partial charge in [-0.05, 0) is 37.8 Å². The highest BCUT2D eigenvalue weighted by Gasteiger charge is 2.36. The van der Waals surface area contributed by atoms with Crippen molar-refractivity contribution in [1.82, 2.24) is 13.9 Å². The molecule has 1 fully saturated rings. The monoisotopic (exact) mass is 425 g/mol. The quantitative estimate of drug-likeness (QED) is 0.415. The maximum Gasteiger partial charge on any atom is 0.323 e. The Hall–Kier alpha value is -1.58. The van der Waals surface area contributed by atoms with Crippen molar-refractivity contribution >= 4 is 38.8 Å². The summed E-state index contributed by atoms with van der Waals surface area (Å²) in [5.74, 6) is 0.00345. The van der Waals surface area contributed by atoms with Gasteiger partial charge in [-0.3, -0.25) is 4.79 Å². The van der Waals surface area contributed by atoms with Crippen molar-refractivity contribution in [2.24, 2.45) is 0 Å². The number of unbranched alkanes of at least 4 members (excludes halogenated alkanes) is 1. The zero-order valence-corrected chi connectivity index (χ0v) is 17.7. The summed E-state index contributed by atoms with van der Waals surface area (Å²) in [6, 6.07) is 7.65. The van der Waals surface area contributed by atoms with Gasteiger partial charge >= 0.3 is 5.97 Å². The number of aliphatic carboxylic acids is 1. The third-order valence-electron chi connectivity index (χ3n) is 4.73. The highest BCUT2D eigenvalue weighted by atomic mass is 32.2. The van der Waals surface area contributed by atoms with Crippen molar-refractivity contribution < 1.29 is 18.3 Å². The molecule has 1 aromatic carbocycles. The van der Waals surface area contributed by atoms with Crippen molar-refractivity contribution in [3.63, 3.8) is 0 Å². The van der Waals surface area contributed by atoms with Crippen molar-refractivity contribution in [2.75, 3.05) is 18.1 Å². The van der Waals surface area contributed by atoms with Gasteiger partial charge in [-0.25, -0.2) is 13.4 Å². The Labute approximate surface area is 170 Å². The SMILES string of the molecule is CCCCS(=O)(=O)N(CCCSc1nc2ccccc2n1CC(=O)O)C1CC1. The molecule has 3 rings (SSSR count). The highest BCUT2D eigenvalue weighted by Crippen LogP contribution is 2.31. The zero-order valence-electron chi connectivity index (χ0n) is 16.1. The van der Waals surface area contributed by atoms with Crippen LogP contribution in [0.5, 0.6) is 0 Å². The number of imidazole rings is 1. The lowest BCUT2D eigenvalue weighted by Crippen LogP contribution is -2.36. The van der Waals surface area contributed by atoms with Gasteiger partial charge in [0, 0.05) is 18.3 Å². The molecule has 28 heavy (non-hydrogen) atoms. The van der Waals surface area contributed by atoms with Crippen LogP contribution in [0.4, 0.5) is 0 Å². The third-order valence-corrected chi connectivity index (χ3v) is 7.80. The van der Waals surface area contributed by atoms with Gasteiger partial charge in [0.05, 0.1) is 16.8 Å². The van der Waals surface area contributed by atoms with Gasteiger partial charge in [-0.2, -0.15) is 4.31 Å². The summed E-state index contributed by atoms with van der Waals surface area (Å²) >= 11 is 1.48. The molecule has 1 N–H and O–H groups in total. The maximum absolute atomic E-state index is 12.6. The number of para-hydroxylation sites is 2. The first-order valence-electron chi connectivity index (χ1n) is 9.71. The molecule has 0 amide bonds. The van der Waals surface area contributed by atoms with E-state index in [0.29, 0.717) is 30.3 Å². The molecule has 7 nitrogen and oxygen atoms in total. The predicted molar refractivity (Wildman–Crippen MR) is 111 cm³/mol. The van der Waals surface area contributed by atoms with Crippen molar-refractivity contribution in [3.8, 4) is 0 Å². The van der Waals surface area contributed by atoms with Crippen molar-refractivity contribution in [3.05, 3.63) is 24.3 Å². The minimum Gasteiger partial charge on any atom is -0.480 e. The van der Waals surface area contributed by atoms with Crippen LogP contribution in [-0.2, 0) is 21.4 Å². The molecule has 9 heteroatoms. The van der Waals surface area contributed by atoms with Gasteiger partial charge in [0.25, 0.3) is 0 Å². The Morgan fingerprint density at radius 1 is 1.32 bits per heavy atom. The Morgan fingerprint density at radius 3 is 2.75 bits per heavy atom. The molecule has 1 aliphatic rings. The molecule has 154 valence electrons. The maximum atomic E-state index is 12.6. The number of carboxylic acids is 1. The lowest BCUT2D eigenvalue weighted by molar-refractivity contribution is -0.137. The van der Waals surface area contributed by atoms with E-state index in [-0.39, 0.29) is 18.3 Å². The lowest BCUT2D eigenvalue weighted by atomic mass is 10.3. The standard InChI is InChI=1S/C19H27N3O4S2/c1-2-3-13-28(25,26)22(15-9-10-15)11-6-12-27-19-20-16-7-4-5-8-17(16)21(19)14-18(23)24/h4-5,7-8,15H,2-3,6,9-14H2,1H3,(H,23,24). The van der Waals surface area contributed by atoms with Gasteiger partial charge in [-0.1, -0.05) is 37.2 Å². The Bertz CT molecular complexity index is 922. The number of nitrogens with zero attached hydrogens (tertiary/aromatic N) is 3. The summed E-state index contributed by atoms with van der Waals surface area (Å²) < 4.78 is 28.5. The number of hydrogen-bond acceptors (Lipinski definition) is 5. The Morgan fingerprint density at radius 2 is 2.07 bits per heavy atom. The fraction of sp³-hybridized carbons (Fsp3) is 0.579. The van der Waals surface area contributed by atoms with Crippen LogP contribution >= 0.6 is 11.8 Å². The predicted octanol–water partition coefficient (Wildman–Crippen LogP) is 3.20. The first-order valence-corrected chi connectivity index (χ1v) is 12.3. The molecule has 0 unspecified atom stereocenters. The summed E-state index contributed by atoms with van der Waals surface area (Å²) in [5, 5.41) is 9.87. The van der Waals surface area contributed by atoms with Gasteiger partial charge in [0.2, 0.25) is 10.0 Å². The lowest BCUT2D eigenvalue weighted by Gasteiger charge is -2.21. The van der Waals surface area contributed by atoms with Crippen LogP contribution in [0.25, 0.3) is 11.0 Å². The zero-order chi connectivity index (χ0) is 20.1. The minimum absolute atomic E-state index is 0.136. The number of aromatic nitrogens is 2. The highest BCUT2D eigenvalue weighted by molar-refractivity contribution is 7.99. The number of hydrogen-bond donors (Lipinski definition) is 1. The molecule has 0 saturated heterocycles. The van der Waals surface area contributed by atoms with Crippen LogP contribution in [0, 0.1) is 0 Å². The van der Waals surface area contributed by atoms with Gasteiger partial charge < -0.3 is 9.67 Å². The second kappa shape index (κ2) is 9.28. The second-order valence-corrected chi connectivity index (χ2v) is 10.2. The van der Waals surface area contributed by atoms with E-state index >= 15 is 0 Å². The largest absolute Gasteiger partial charge is 0.480 e. The number of benzene rings is 1. The Kier molecular flexibility index (Phi) is 7.00. The number of rotatable bonds is 12. The molecule has 2 aromatic rings. The molecular weight excluding hydrogens is 398 g/mol. The van der Waals surface area contributed by atoms with E-state index in [9.17, 15) is 18.3 Å². The van der Waals surface area contributed by atoms with E-state index in [1.807, 2.05) is 31.2 Å². The van der Waals surface area contributed by atoms with Crippen LogP contribution in [0.3, 0.4) is 0 Å². The first-order chi connectivity index (χ1) is 13.4. The number of fused-ring (bicyclic) bond motifs is 1. The van der Waals surface area contributed by atoms with Gasteiger partial charge in [-0.15, -0.1) is 0 Å².